The molecule has 0 bridgehead atoms. The molecular weight excluding hydrogens is 244 g/mol. The third-order valence-corrected chi connectivity index (χ3v) is 2.51. The molecule has 6 heteroatoms. The summed E-state index contributed by atoms with van der Waals surface area (Å²) in [6, 6.07) is 0. The van der Waals surface area contributed by atoms with Crippen LogP contribution in [0.2, 0.25) is 0 Å². The summed E-state index contributed by atoms with van der Waals surface area (Å²) < 4.78 is 10.8. The van der Waals surface area contributed by atoms with Gasteiger partial charge in [0.05, 0.1) is 13.2 Å². The Hall–Kier alpha value is -1.56. The Kier molecular flexibility index (Phi) is 6.95. The van der Waals surface area contributed by atoms with E-state index in [4.69, 9.17) is 15.2 Å². The van der Waals surface area contributed by atoms with Crippen molar-refractivity contribution in [2.75, 3.05) is 37.4 Å². The second-order valence-electron chi connectivity index (χ2n) is 4.60. The van der Waals surface area contributed by atoms with E-state index >= 15 is 0 Å². The first-order valence-corrected chi connectivity index (χ1v) is 6.70. The molecular formula is C13H24N4O2. The SMILES string of the molecule is CCOc1ncnc(NCCOCCC(C)C)c1N. The highest BCUT2D eigenvalue weighted by atomic mass is 16.5. The maximum Gasteiger partial charge on any atom is 0.242 e. The van der Waals surface area contributed by atoms with Crippen molar-refractivity contribution >= 4 is 11.5 Å². The summed E-state index contributed by atoms with van der Waals surface area (Å²) in [5.41, 5.74) is 6.33. The van der Waals surface area contributed by atoms with Crippen molar-refractivity contribution in [3.8, 4) is 5.88 Å². The van der Waals surface area contributed by atoms with E-state index in [1.165, 1.54) is 6.33 Å². The lowest BCUT2D eigenvalue weighted by atomic mass is 10.1. The molecule has 0 aliphatic rings. The average molecular weight is 268 g/mol. The monoisotopic (exact) mass is 268 g/mol. The summed E-state index contributed by atoms with van der Waals surface area (Å²) in [4.78, 5) is 8.06. The van der Waals surface area contributed by atoms with Crippen molar-refractivity contribution in [3.63, 3.8) is 0 Å². The van der Waals surface area contributed by atoms with E-state index in [-0.39, 0.29) is 0 Å². The fraction of sp³-hybridized carbons (Fsp3) is 0.692. The van der Waals surface area contributed by atoms with Crippen molar-refractivity contribution in [2.24, 2.45) is 5.92 Å². The molecule has 19 heavy (non-hydrogen) atoms. The Morgan fingerprint density at radius 2 is 2.11 bits per heavy atom. The summed E-state index contributed by atoms with van der Waals surface area (Å²) in [6.45, 7) is 8.83. The number of hydrogen-bond acceptors (Lipinski definition) is 6. The maximum atomic E-state index is 5.90. The van der Waals surface area contributed by atoms with Crippen LogP contribution in [-0.4, -0.2) is 36.3 Å². The van der Waals surface area contributed by atoms with Gasteiger partial charge in [-0.05, 0) is 19.3 Å². The van der Waals surface area contributed by atoms with Crippen molar-refractivity contribution in [1.29, 1.82) is 0 Å². The van der Waals surface area contributed by atoms with E-state index < -0.39 is 0 Å². The second-order valence-corrected chi connectivity index (χ2v) is 4.60. The second kappa shape index (κ2) is 8.53. The van der Waals surface area contributed by atoms with Gasteiger partial charge in [0.15, 0.2) is 5.82 Å². The van der Waals surface area contributed by atoms with E-state index in [1.807, 2.05) is 6.92 Å². The molecule has 108 valence electrons. The van der Waals surface area contributed by atoms with Crippen molar-refractivity contribution in [1.82, 2.24) is 9.97 Å². The summed E-state index contributed by atoms with van der Waals surface area (Å²) in [5, 5.41) is 3.12. The summed E-state index contributed by atoms with van der Waals surface area (Å²) in [7, 11) is 0. The molecule has 1 aromatic rings. The molecule has 0 amide bonds. The highest BCUT2D eigenvalue weighted by Crippen LogP contribution is 2.23. The van der Waals surface area contributed by atoms with Gasteiger partial charge in [-0.3, -0.25) is 0 Å². The lowest BCUT2D eigenvalue weighted by molar-refractivity contribution is 0.132. The molecule has 0 atom stereocenters. The molecule has 0 aliphatic heterocycles. The summed E-state index contributed by atoms with van der Waals surface area (Å²) in [6.07, 6.45) is 2.51. The number of aromatic nitrogens is 2. The van der Waals surface area contributed by atoms with E-state index in [0.29, 0.717) is 43.1 Å². The molecule has 1 rings (SSSR count). The van der Waals surface area contributed by atoms with Crippen LogP contribution in [-0.2, 0) is 4.74 Å². The number of nitrogens with one attached hydrogen (secondary N) is 1. The van der Waals surface area contributed by atoms with Crippen LogP contribution in [0.25, 0.3) is 0 Å². The van der Waals surface area contributed by atoms with Crippen LogP contribution in [0, 0.1) is 5.92 Å². The molecule has 1 heterocycles. The summed E-state index contributed by atoms with van der Waals surface area (Å²) >= 11 is 0. The maximum absolute atomic E-state index is 5.90. The van der Waals surface area contributed by atoms with Crippen LogP contribution in [0.1, 0.15) is 27.2 Å². The zero-order chi connectivity index (χ0) is 14.1. The molecule has 0 saturated carbocycles. The smallest absolute Gasteiger partial charge is 0.242 e. The number of nitrogens with two attached hydrogens (primary N) is 1. The Bertz CT molecular complexity index is 372. The number of ether oxygens (including phenoxy) is 2. The van der Waals surface area contributed by atoms with Gasteiger partial charge in [0, 0.05) is 13.2 Å². The molecule has 3 N–H and O–H groups in total. The normalized spacial score (nSPS) is 10.7. The van der Waals surface area contributed by atoms with Gasteiger partial charge in [-0.1, -0.05) is 13.8 Å². The minimum Gasteiger partial charge on any atom is -0.476 e. The lowest BCUT2D eigenvalue weighted by Gasteiger charge is -2.11. The minimum absolute atomic E-state index is 0.417. The largest absolute Gasteiger partial charge is 0.476 e. The van der Waals surface area contributed by atoms with Gasteiger partial charge in [0.2, 0.25) is 5.88 Å². The predicted molar refractivity (Wildman–Crippen MR) is 76.4 cm³/mol. The van der Waals surface area contributed by atoms with E-state index in [1.54, 1.807) is 0 Å². The van der Waals surface area contributed by atoms with Crippen molar-refractivity contribution < 1.29 is 9.47 Å². The molecule has 0 spiro atoms. The average Bonchev–Trinajstić information content (AvgIpc) is 2.37. The van der Waals surface area contributed by atoms with Gasteiger partial charge in [-0.15, -0.1) is 0 Å². The highest BCUT2D eigenvalue weighted by Gasteiger charge is 2.07. The Balaban J connectivity index is 2.31. The predicted octanol–water partition coefficient (Wildman–Crippen LogP) is 1.93. The summed E-state index contributed by atoms with van der Waals surface area (Å²) in [5.74, 6) is 1.67. The van der Waals surface area contributed by atoms with Gasteiger partial charge in [-0.25, -0.2) is 4.98 Å². The van der Waals surface area contributed by atoms with E-state index in [9.17, 15) is 0 Å². The fourth-order valence-corrected chi connectivity index (χ4v) is 1.43. The highest BCUT2D eigenvalue weighted by molar-refractivity contribution is 5.66. The van der Waals surface area contributed by atoms with Gasteiger partial charge in [-0.2, -0.15) is 4.98 Å². The number of nitrogen functional groups attached to an aromatic ring is 1. The first kappa shape index (κ1) is 15.5. The lowest BCUT2D eigenvalue weighted by Crippen LogP contribution is -2.13. The molecule has 0 fully saturated rings. The van der Waals surface area contributed by atoms with Crippen LogP contribution in [0.15, 0.2) is 6.33 Å². The zero-order valence-corrected chi connectivity index (χ0v) is 12.0. The molecule has 0 aliphatic carbocycles. The van der Waals surface area contributed by atoms with Crippen LogP contribution in [0.5, 0.6) is 5.88 Å². The molecule has 0 saturated heterocycles. The van der Waals surface area contributed by atoms with Crippen molar-refractivity contribution in [3.05, 3.63) is 6.33 Å². The third kappa shape index (κ3) is 5.74. The van der Waals surface area contributed by atoms with Crippen LogP contribution >= 0.6 is 0 Å². The molecule has 0 aromatic carbocycles. The Morgan fingerprint density at radius 3 is 2.79 bits per heavy atom. The van der Waals surface area contributed by atoms with Crippen LogP contribution in [0.4, 0.5) is 11.5 Å². The van der Waals surface area contributed by atoms with Crippen molar-refractivity contribution in [2.45, 2.75) is 27.2 Å². The topological polar surface area (TPSA) is 82.3 Å². The molecule has 6 nitrogen and oxygen atoms in total. The molecule has 1 aromatic heterocycles. The fourth-order valence-electron chi connectivity index (χ4n) is 1.43. The number of rotatable bonds is 9. The van der Waals surface area contributed by atoms with Gasteiger partial charge in [0.1, 0.15) is 12.0 Å². The first-order chi connectivity index (χ1) is 9.15. The van der Waals surface area contributed by atoms with Crippen LogP contribution < -0.4 is 15.8 Å². The third-order valence-electron chi connectivity index (χ3n) is 2.51. The van der Waals surface area contributed by atoms with E-state index in [0.717, 1.165) is 13.0 Å². The number of anilines is 2. The van der Waals surface area contributed by atoms with Gasteiger partial charge < -0.3 is 20.5 Å². The number of hydrogen-bond donors (Lipinski definition) is 2. The molecule has 0 unspecified atom stereocenters. The molecule has 0 radical (unpaired) electrons. The number of nitrogens with zero attached hydrogens (tertiary/aromatic N) is 2. The Labute approximate surface area is 114 Å². The van der Waals surface area contributed by atoms with Crippen LogP contribution in [0.3, 0.4) is 0 Å². The van der Waals surface area contributed by atoms with Gasteiger partial charge in [0.25, 0.3) is 0 Å². The Morgan fingerprint density at radius 1 is 1.32 bits per heavy atom. The van der Waals surface area contributed by atoms with Gasteiger partial charge >= 0.3 is 0 Å². The van der Waals surface area contributed by atoms with E-state index in [2.05, 4.69) is 29.1 Å². The minimum atomic E-state index is 0.417. The quantitative estimate of drug-likeness (QED) is 0.666. The standard InChI is InChI=1S/C13H24N4O2/c1-4-19-13-11(14)12(16-9-17-13)15-6-8-18-7-5-10(2)3/h9-10H,4-8,14H2,1-3H3,(H,15,16,17). The zero-order valence-electron chi connectivity index (χ0n) is 12.0. The first-order valence-electron chi connectivity index (χ1n) is 6.70.